The Morgan fingerprint density at radius 1 is 1.22 bits per heavy atom. The molecule has 3 aromatic rings. The molecule has 0 bridgehead atoms. The average Bonchev–Trinajstić information content (AvgIpc) is 3.29. The van der Waals surface area contributed by atoms with E-state index in [0.717, 1.165) is 17.6 Å². The van der Waals surface area contributed by atoms with Crippen LogP contribution in [0.25, 0.3) is 5.95 Å². The summed E-state index contributed by atoms with van der Waals surface area (Å²) in [5.41, 5.74) is 1.58. The summed E-state index contributed by atoms with van der Waals surface area (Å²) in [5, 5.41) is 5.92. The highest BCUT2D eigenvalue weighted by Crippen LogP contribution is 2.14. The Hall–Kier alpha value is -3.47. The molecule has 10 nitrogen and oxygen atoms in total. The van der Waals surface area contributed by atoms with Crippen molar-refractivity contribution in [2.75, 3.05) is 24.4 Å². The summed E-state index contributed by atoms with van der Waals surface area (Å²) >= 11 is 0. The number of benzene rings is 1. The molecule has 0 saturated carbocycles. The van der Waals surface area contributed by atoms with Crippen molar-refractivity contribution in [1.82, 2.24) is 24.8 Å². The van der Waals surface area contributed by atoms with Gasteiger partial charge in [0.15, 0.2) is 0 Å². The van der Waals surface area contributed by atoms with Crippen LogP contribution < -0.4 is 15.4 Å². The summed E-state index contributed by atoms with van der Waals surface area (Å²) in [6, 6.07) is 8.22. The average molecular weight is 459 g/mol. The van der Waals surface area contributed by atoms with Crippen molar-refractivity contribution in [3.8, 4) is 11.7 Å². The first-order valence-electron chi connectivity index (χ1n) is 9.92. The maximum Gasteiger partial charge on any atom is 0.242 e. The van der Waals surface area contributed by atoms with Crippen LogP contribution in [0.3, 0.4) is 0 Å². The van der Waals surface area contributed by atoms with E-state index in [0.29, 0.717) is 24.0 Å². The Morgan fingerprint density at radius 3 is 2.59 bits per heavy atom. The summed E-state index contributed by atoms with van der Waals surface area (Å²) in [5.74, 6) is 1.06. The van der Waals surface area contributed by atoms with Gasteiger partial charge in [-0.15, -0.1) is 0 Å². The number of imidazole rings is 1. The van der Waals surface area contributed by atoms with Crippen LogP contribution in [0.4, 0.5) is 5.82 Å². The van der Waals surface area contributed by atoms with Crippen molar-refractivity contribution in [1.29, 1.82) is 0 Å². The van der Waals surface area contributed by atoms with E-state index < -0.39 is 15.9 Å². The number of methoxy groups -OCH3 is 1. The Bertz CT molecular complexity index is 1150. The molecule has 1 aromatic carbocycles. The highest BCUT2D eigenvalue weighted by Gasteiger charge is 2.21. The van der Waals surface area contributed by atoms with Gasteiger partial charge in [0, 0.05) is 37.0 Å². The predicted molar refractivity (Wildman–Crippen MR) is 120 cm³/mol. The van der Waals surface area contributed by atoms with E-state index in [4.69, 9.17) is 4.74 Å². The van der Waals surface area contributed by atoms with E-state index >= 15 is 0 Å². The summed E-state index contributed by atoms with van der Waals surface area (Å²) < 4.78 is 30.2. The number of hydrogen-bond donors (Lipinski definition) is 2. The molecule has 0 saturated heterocycles. The molecule has 0 spiro atoms. The van der Waals surface area contributed by atoms with Gasteiger partial charge in [-0.05, 0) is 31.0 Å². The van der Waals surface area contributed by atoms with E-state index in [-0.39, 0.29) is 18.1 Å². The van der Waals surface area contributed by atoms with Gasteiger partial charge in [0.2, 0.25) is 11.9 Å². The molecule has 1 atom stereocenters. The molecule has 1 amide bonds. The van der Waals surface area contributed by atoms with Gasteiger partial charge in [0.05, 0.1) is 12.9 Å². The number of ether oxygens (including phenoxy) is 1. The fourth-order valence-electron chi connectivity index (χ4n) is 2.95. The SMILES string of the molecule is COc1ccc(CNC(=O)C(CCS(C)(=O)=O)Nc2cc(C)nc(-n3ccnc3)n2)cc1. The zero-order valence-electron chi connectivity index (χ0n) is 18.1. The molecule has 0 radical (unpaired) electrons. The van der Waals surface area contributed by atoms with Crippen molar-refractivity contribution in [2.45, 2.75) is 25.9 Å². The number of nitrogens with zero attached hydrogens (tertiary/aromatic N) is 4. The summed E-state index contributed by atoms with van der Waals surface area (Å²) in [6.45, 7) is 2.10. The van der Waals surface area contributed by atoms with Crippen LogP contribution in [-0.4, -0.2) is 59.0 Å². The first kappa shape index (κ1) is 23.2. The standard InChI is InChI=1S/C21H26N6O4S/c1-15-12-19(26-21(24-15)27-10-9-22-14-27)25-18(8-11-32(3,29)30)20(28)23-13-16-4-6-17(31-2)7-5-16/h4-7,9-10,12,14,18H,8,11,13H2,1-3H3,(H,23,28)(H,24,25,26). The largest absolute Gasteiger partial charge is 0.497 e. The monoisotopic (exact) mass is 458 g/mol. The molecule has 2 heterocycles. The van der Waals surface area contributed by atoms with Crippen LogP contribution in [0.15, 0.2) is 49.1 Å². The quantitative estimate of drug-likeness (QED) is 0.468. The van der Waals surface area contributed by atoms with E-state index in [1.54, 1.807) is 36.5 Å². The summed E-state index contributed by atoms with van der Waals surface area (Å²) in [6.07, 6.45) is 6.13. The Labute approximate surface area is 187 Å². The second-order valence-electron chi connectivity index (χ2n) is 7.35. The third-order valence-electron chi connectivity index (χ3n) is 4.62. The predicted octanol–water partition coefficient (Wildman–Crippen LogP) is 1.51. The maximum absolute atomic E-state index is 12.9. The number of rotatable bonds is 10. The van der Waals surface area contributed by atoms with Gasteiger partial charge in [0.25, 0.3) is 0 Å². The lowest BCUT2D eigenvalue weighted by atomic mass is 10.1. The summed E-state index contributed by atoms with van der Waals surface area (Å²) in [4.78, 5) is 25.7. The number of carbonyl (C=O) groups is 1. The molecule has 170 valence electrons. The Kier molecular flexibility index (Phi) is 7.41. The van der Waals surface area contributed by atoms with Gasteiger partial charge in [-0.3, -0.25) is 9.36 Å². The van der Waals surface area contributed by atoms with Crippen molar-refractivity contribution < 1.29 is 17.9 Å². The zero-order chi connectivity index (χ0) is 23.1. The molecule has 11 heteroatoms. The van der Waals surface area contributed by atoms with Gasteiger partial charge >= 0.3 is 0 Å². The van der Waals surface area contributed by atoms with Crippen LogP contribution in [0, 0.1) is 6.92 Å². The minimum atomic E-state index is -3.25. The van der Waals surface area contributed by atoms with Gasteiger partial charge in [0.1, 0.15) is 33.8 Å². The topological polar surface area (TPSA) is 128 Å². The van der Waals surface area contributed by atoms with E-state index in [2.05, 4.69) is 25.6 Å². The number of amides is 1. The fraction of sp³-hybridized carbons (Fsp3) is 0.333. The number of aromatic nitrogens is 4. The molecule has 3 rings (SSSR count). The number of hydrogen-bond acceptors (Lipinski definition) is 8. The van der Waals surface area contributed by atoms with Crippen molar-refractivity contribution >= 4 is 21.6 Å². The van der Waals surface area contributed by atoms with Gasteiger partial charge in [-0.2, -0.15) is 4.98 Å². The smallest absolute Gasteiger partial charge is 0.242 e. The Morgan fingerprint density at radius 2 is 1.97 bits per heavy atom. The molecule has 0 aliphatic heterocycles. The van der Waals surface area contributed by atoms with E-state index in [1.807, 2.05) is 31.2 Å². The fourth-order valence-corrected chi connectivity index (χ4v) is 3.62. The van der Waals surface area contributed by atoms with Crippen LogP contribution >= 0.6 is 0 Å². The second-order valence-corrected chi connectivity index (χ2v) is 9.61. The van der Waals surface area contributed by atoms with Gasteiger partial charge in [-0.1, -0.05) is 12.1 Å². The highest BCUT2D eigenvalue weighted by atomic mass is 32.2. The Balaban J connectivity index is 1.75. The lowest BCUT2D eigenvalue weighted by Crippen LogP contribution is -2.40. The van der Waals surface area contributed by atoms with Crippen LogP contribution in [0.2, 0.25) is 0 Å². The van der Waals surface area contributed by atoms with Crippen LogP contribution in [-0.2, 0) is 21.2 Å². The molecule has 2 N–H and O–H groups in total. The van der Waals surface area contributed by atoms with Gasteiger partial charge in [-0.25, -0.2) is 18.4 Å². The number of aryl methyl sites for hydroxylation is 1. The maximum atomic E-state index is 12.9. The lowest BCUT2D eigenvalue weighted by molar-refractivity contribution is -0.122. The molecule has 0 aliphatic carbocycles. The number of carbonyl (C=O) groups excluding carboxylic acids is 1. The number of anilines is 1. The molecule has 0 fully saturated rings. The third kappa shape index (κ3) is 6.77. The zero-order valence-corrected chi connectivity index (χ0v) is 19.0. The first-order valence-corrected chi connectivity index (χ1v) is 12.0. The first-order chi connectivity index (χ1) is 15.2. The van der Waals surface area contributed by atoms with Crippen molar-refractivity contribution in [2.24, 2.45) is 0 Å². The molecule has 32 heavy (non-hydrogen) atoms. The molecule has 0 aliphatic rings. The van der Waals surface area contributed by atoms with Crippen molar-refractivity contribution in [3.05, 3.63) is 60.3 Å². The highest BCUT2D eigenvalue weighted by molar-refractivity contribution is 7.90. The van der Waals surface area contributed by atoms with Crippen molar-refractivity contribution in [3.63, 3.8) is 0 Å². The lowest BCUT2D eigenvalue weighted by Gasteiger charge is -2.19. The van der Waals surface area contributed by atoms with E-state index in [1.165, 1.54) is 0 Å². The molecular weight excluding hydrogens is 432 g/mol. The van der Waals surface area contributed by atoms with Gasteiger partial charge < -0.3 is 15.4 Å². The molecule has 1 unspecified atom stereocenters. The molecule has 2 aromatic heterocycles. The van der Waals surface area contributed by atoms with Crippen LogP contribution in [0.1, 0.15) is 17.7 Å². The minimum absolute atomic E-state index is 0.0940. The third-order valence-corrected chi connectivity index (χ3v) is 5.60. The second kappa shape index (κ2) is 10.2. The normalized spacial score (nSPS) is 12.2. The number of sulfone groups is 1. The number of nitrogens with one attached hydrogen (secondary N) is 2. The minimum Gasteiger partial charge on any atom is -0.497 e. The van der Waals surface area contributed by atoms with Crippen LogP contribution in [0.5, 0.6) is 5.75 Å². The van der Waals surface area contributed by atoms with E-state index in [9.17, 15) is 13.2 Å². The molecular formula is C21H26N6O4S. The summed E-state index contributed by atoms with van der Waals surface area (Å²) in [7, 11) is -1.67.